The van der Waals surface area contributed by atoms with Crippen molar-refractivity contribution in [3.8, 4) is 11.8 Å². The van der Waals surface area contributed by atoms with Crippen LogP contribution in [0.25, 0.3) is 0 Å². The van der Waals surface area contributed by atoms with Crippen LogP contribution in [0.1, 0.15) is 0 Å². The average Bonchev–Trinajstić information content (AvgIpc) is 2.23. The van der Waals surface area contributed by atoms with E-state index in [0.29, 0.717) is 5.75 Å². The number of nitrogens with zero attached hydrogens (tertiary/aromatic N) is 3. The SMILES string of the molecule is Fc1ccc(Oc2ncncn2)cc1. The van der Waals surface area contributed by atoms with Crippen LogP contribution >= 0.6 is 0 Å². The molecule has 0 radical (unpaired) electrons. The zero-order valence-electron chi connectivity index (χ0n) is 7.09. The van der Waals surface area contributed by atoms with Crippen LogP contribution in [0, 0.1) is 5.82 Å². The topological polar surface area (TPSA) is 47.9 Å². The van der Waals surface area contributed by atoms with Gasteiger partial charge in [0.05, 0.1) is 0 Å². The highest BCUT2D eigenvalue weighted by Gasteiger charge is 1.98. The van der Waals surface area contributed by atoms with Crippen molar-refractivity contribution in [3.63, 3.8) is 0 Å². The van der Waals surface area contributed by atoms with Crippen LogP contribution in [-0.4, -0.2) is 15.0 Å². The van der Waals surface area contributed by atoms with Crippen LogP contribution in [0.4, 0.5) is 4.39 Å². The molecule has 5 heteroatoms. The summed E-state index contributed by atoms with van der Waals surface area (Å²) < 4.78 is 17.7. The molecule has 70 valence electrons. The predicted octanol–water partition coefficient (Wildman–Crippen LogP) is 1.80. The lowest BCUT2D eigenvalue weighted by molar-refractivity contribution is 0.438. The van der Waals surface area contributed by atoms with Gasteiger partial charge in [-0.3, -0.25) is 0 Å². The molecular formula is C9H6FN3O. The van der Waals surface area contributed by atoms with E-state index in [1.807, 2.05) is 0 Å². The van der Waals surface area contributed by atoms with Crippen LogP contribution in [0.5, 0.6) is 11.8 Å². The lowest BCUT2D eigenvalue weighted by atomic mass is 10.3. The first-order valence-electron chi connectivity index (χ1n) is 3.90. The Bertz CT molecular complexity index is 404. The normalized spacial score (nSPS) is 9.79. The molecule has 0 N–H and O–H groups in total. The van der Waals surface area contributed by atoms with Gasteiger partial charge in [-0.2, -0.15) is 9.97 Å². The van der Waals surface area contributed by atoms with Gasteiger partial charge in [0.2, 0.25) is 0 Å². The van der Waals surface area contributed by atoms with Gasteiger partial charge in [-0.15, -0.1) is 0 Å². The Morgan fingerprint density at radius 2 is 1.64 bits per heavy atom. The van der Waals surface area contributed by atoms with Crippen molar-refractivity contribution in [2.75, 3.05) is 0 Å². The smallest absolute Gasteiger partial charge is 0.324 e. The molecule has 0 bridgehead atoms. The number of ether oxygens (including phenoxy) is 1. The number of aromatic nitrogens is 3. The summed E-state index contributed by atoms with van der Waals surface area (Å²) in [6.45, 7) is 0. The van der Waals surface area contributed by atoms with E-state index in [4.69, 9.17) is 4.74 Å². The Morgan fingerprint density at radius 1 is 1.00 bits per heavy atom. The minimum absolute atomic E-state index is 0.187. The molecule has 0 spiro atoms. The fourth-order valence-electron chi connectivity index (χ4n) is 0.889. The standard InChI is InChI=1S/C9H6FN3O/c10-7-1-3-8(4-2-7)14-9-12-5-11-6-13-9/h1-6H. The van der Waals surface area contributed by atoms with Gasteiger partial charge in [0.1, 0.15) is 24.2 Å². The molecule has 2 aromatic rings. The van der Waals surface area contributed by atoms with Gasteiger partial charge in [-0.05, 0) is 24.3 Å². The third kappa shape index (κ3) is 2.01. The maximum atomic E-state index is 12.5. The van der Waals surface area contributed by atoms with Crippen LogP contribution < -0.4 is 4.74 Å². The number of benzene rings is 1. The van der Waals surface area contributed by atoms with E-state index in [2.05, 4.69) is 15.0 Å². The summed E-state index contributed by atoms with van der Waals surface area (Å²) in [6.07, 6.45) is 2.65. The van der Waals surface area contributed by atoms with Gasteiger partial charge in [0.25, 0.3) is 0 Å². The molecule has 4 nitrogen and oxygen atoms in total. The molecule has 1 aromatic heterocycles. The van der Waals surface area contributed by atoms with Crippen molar-refractivity contribution >= 4 is 0 Å². The van der Waals surface area contributed by atoms with Crippen molar-refractivity contribution in [2.45, 2.75) is 0 Å². The molecule has 1 aromatic carbocycles. The van der Waals surface area contributed by atoms with Gasteiger partial charge in [0.15, 0.2) is 0 Å². The summed E-state index contributed by atoms with van der Waals surface area (Å²) in [5.74, 6) is 0.172. The van der Waals surface area contributed by atoms with Crippen molar-refractivity contribution in [1.29, 1.82) is 0 Å². The second-order valence-corrected chi connectivity index (χ2v) is 2.48. The van der Waals surface area contributed by atoms with E-state index in [-0.39, 0.29) is 11.8 Å². The van der Waals surface area contributed by atoms with Gasteiger partial charge >= 0.3 is 6.01 Å². The molecule has 0 aliphatic carbocycles. The molecule has 1 heterocycles. The number of halogens is 1. The summed E-state index contributed by atoms with van der Waals surface area (Å²) in [5, 5.41) is 0. The Labute approximate surface area is 79.4 Å². The first-order chi connectivity index (χ1) is 6.84. The van der Waals surface area contributed by atoms with E-state index in [1.54, 1.807) is 0 Å². The summed E-state index contributed by atoms with van der Waals surface area (Å²) in [6, 6.07) is 5.79. The second kappa shape index (κ2) is 3.78. The zero-order chi connectivity index (χ0) is 9.80. The lowest BCUT2D eigenvalue weighted by Crippen LogP contribution is -1.91. The lowest BCUT2D eigenvalue weighted by Gasteiger charge is -2.01. The molecule has 0 saturated heterocycles. The van der Waals surface area contributed by atoms with Crippen molar-refractivity contribution in [2.24, 2.45) is 0 Å². The first-order valence-corrected chi connectivity index (χ1v) is 3.90. The minimum Gasteiger partial charge on any atom is -0.424 e. The van der Waals surface area contributed by atoms with E-state index >= 15 is 0 Å². The van der Waals surface area contributed by atoms with Gasteiger partial charge in [0, 0.05) is 0 Å². The number of hydrogen-bond acceptors (Lipinski definition) is 4. The maximum absolute atomic E-state index is 12.5. The highest BCUT2D eigenvalue weighted by Crippen LogP contribution is 2.16. The number of rotatable bonds is 2. The largest absolute Gasteiger partial charge is 0.424 e. The highest BCUT2D eigenvalue weighted by atomic mass is 19.1. The maximum Gasteiger partial charge on any atom is 0.324 e. The summed E-state index contributed by atoms with van der Waals surface area (Å²) >= 11 is 0. The molecule has 0 aliphatic heterocycles. The summed E-state index contributed by atoms with van der Waals surface area (Å²) in [5.41, 5.74) is 0. The van der Waals surface area contributed by atoms with E-state index in [9.17, 15) is 4.39 Å². The van der Waals surface area contributed by atoms with Crippen LogP contribution in [0.15, 0.2) is 36.9 Å². The third-order valence-electron chi connectivity index (χ3n) is 1.49. The van der Waals surface area contributed by atoms with Crippen molar-refractivity contribution < 1.29 is 9.13 Å². The monoisotopic (exact) mass is 191 g/mol. The van der Waals surface area contributed by atoms with Crippen LogP contribution in [-0.2, 0) is 0 Å². The molecule has 14 heavy (non-hydrogen) atoms. The van der Waals surface area contributed by atoms with E-state index < -0.39 is 0 Å². The summed E-state index contributed by atoms with van der Waals surface area (Å²) in [4.78, 5) is 11.2. The third-order valence-corrected chi connectivity index (χ3v) is 1.49. The first kappa shape index (κ1) is 8.55. The van der Waals surface area contributed by atoms with Crippen LogP contribution in [0.2, 0.25) is 0 Å². The van der Waals surface area contributed by atoms with Gasteiger partial charge in [-0.25, -0.2) is 9.37 Å². The van der Waals surface area contributed by atoms with E-state index in [0.717, 1.165) is 0 Å². The highest BCUT2D eigenvalue weighted by molar-refractivity contribution is 5.24. The van der Waals surface area contributed by atoms with E-state index in [1.165, 1.54) is 36.9 Å². The fraction of sp³-hybridized carbons (Fsp3) is 0. The van der Waals surface area contributed by atoms with Crippen molar-refractivity contribution in [3.05, 3.63) is 42.7 Å². The average molecular weight is 191 g/mol. The molecule has 0 unspecified atom stereocenters. The Hall–Kier alpha value is -2.04. The quantitative estimate of drug-likeness (QED) is 0.726. The van der Waals surface area contributed by atoms with Crippen LogP contribution in [0.3, 0.4) is 0 Å². The second-order valence-electron chi connectivity index (χ2n) is 2.48. The summed E-state index contributed by atoms with van der Waals surface area (Å²) in [7, 11) is 0. The molecular weight excluding hydrogens is 185 g/mol. The fourth-order valence-corrected chi connectivity index (χ4v) is 0.889. The molecule has 0 aliphatic rings. The Kier molecular flexibility index (Phi) is 2.31. The molecule has 0 amide bonds. The number of hydrogen-bond donors (Lipinski definition) is 0. The Morgan fingerprint density at radius 3 is 2.29 bits per heavy atom. The molecule has 2 rings (SSSR count). The predicted molar refractivity (Wildman–Crippen MR) is 46.3 cm³/mol. The van der Waals surface area contributed by atoms with Gasteiger partial charge in [-0.1, -0.05) is 0 Å². The van der Waals surface area contributed by atoms with Crippen molar-refractivity contribution in [1.82, 2.24) is 15.0 Å². The molecule has 0 saturated carbocycles. The minimum atomic E-state index is -0.312. The zero-order valence-corrected chi connectivity index (χ0v) is 7.09. The van der Waals surface area contributed by atoms with Gasteiger partial charge < -0.3 is 4.74 Å². The molecule has 0 fully saturated rings. The Balaban J connectivity index is 2.16. The molecule has 0 atom stereocenters.